The van der Waals surface area contributed by atoms with Crippen molar-refractivity contribution in [3.63, 3.8) is 0 Å². The van der Waals surface area contributed by atoms with E-state index in [-0.39, 0.29) is 94.8 Å². The van der Waals surface area contributed by atoms with Crippen LogP contribution in [0.1, 0.15) is 173 Å². The number of nitriles is 1. The molecule has 0 aromatic heterocycles. The highest BCUT2D eigenvalue weighted by molar-refractivity contribution is 6.03. The average Bonchev–Trinajstić information content (AvgIpc) is 0.883. The second-order valence-corrected chi connectivity index (χ2v) is 20.7. The Balaban J connectivity index is -0.00000107. The largest absolute Gasteiger partial charge is 0.469 e. The summed E-state index contributed by atoms with van der Waals surface area (Å²) < 4.78 is 63.3. The Labute approximate surface area is 578 Å². The Bertz CT molecular complexity index is 2860. The van der Waals surface area contributed by atoms with Gasteiger partial charge in [-0.3, -0.25) is 38.4 Å². The van der Waals surface area contributed by atoms with Gasteiger partial charge in [0.05, 0.1) is 174 Å². The molecule has 3 aliphatic rings. The third-order valence-corrected chi connectivity index (χ3v) is 14.2. The molecular weight excluding hydrogens is 1300 g/mol. The van der Waals surface area contributed by atoms with Gasteiger partial charge in [0.1, 0.15) is 6.42 Å². The minimum atomic E-state index is -0.550. The molecule has 4 atom stereocenters. The molecule has 29 nitrogen and oxygen atoms in total. The molecule has 0 radical (unpaired) electrons. The van der Waals surface area contributed by atoms with Gasteiger partial charge in [0.25, 0.3) is 0 Å². The molecule has 4 unspecified atom stereocenters. The molecular formula is C70H97NO28. The van der Waals surface area contributed by atoms with Crippen LogP contribution >= 0.6 is 0 Å². The average molecular weight is 1400 g/mol. The van der Waals surface area contributed by atoms with Crippen LogP contribution in [0.3, 0.4) is 0 Å². The van der Waals surface area contributed by atoms with Crippen LogP contribution in [0, 0.1) is 46.8 Å². The van der Waals surface area contributed by atoms with Crippen LogP contribution < -0.4 is 0 Å². The summed E-state index contributed by atoms with van der Waals surface area (Å²) in [6, 6.07) is 20.2. The normalized spacial score (nSPS) is 16.3. The van der Waals surface area contributed by atoms with Gasteiger partial charge in [-0.1, -0.05) is 57.7 Å². The molecule has 99 heavy (non-hydrogen) atoms. The Morgan fingerprint density at radius 3 is 0.889 bits per heavy atom. The Morgan fingerprint density at radius 2 is 0.636 bits per heavy atom. The quantitative estimate of drug-likeness (QED) is 0.114. The van der Waals surface area contributed by atoms with Gasteiger partial charge in [0.15, 0.2) is 0 Å². The first kappa shape index (κ1) is 92.9. The molecule has 3 fully saturated rings. The summed E-state index contributed by atoms with van der Waals surface area (Å²) >= 11 is 0. The number of hydrogen-bond acceptors (Lipinski definition) is 29. The van der Waals surface area contributed by atoms with E-state index in [0.29, 0.717) is 28.7 Å². The fourth-order valence-corrected chi connectivity index (χ4v) is 9.03. The molecule has 6 rings (SSSR count). The van der Waals surface area contributed by atoms with E-state index in [4.69, 9.17) is 5.26 Å². The topological polar surface area (TPSA) is 392 Å². The summed E-state index contributed by atoms with van der Waals surface area (Å²) in [6.07, 6.45) is 10.5. The van der Waals surface area contributed by atoms with Gasteiger partial charge in [0, 0.05) is 6.92 Å². The molecule has 0 bridgehead atoms. The predicted molar refractivity (Wildman–Crippen MR) is 352 cm³/mol. The Morgan fingerprint density at radius 1 is 0.343 bits per heavy atom. The van der Waals surface area contributed by atoms with Crippen molar-refractivity contribution in [2.75, 3.05) is 99.5 Å². The summed E-state index contributed by atoms with van der Waals surface area (Å²) in [7, 11) is 18.6. The fraction of sp³-hybridized carbons (Fsp3) is 0.529. The molecule has 0 saturated heterocycles. The Kier molecular flexibility index (Phi) is 52.4. The third kappa shape index (κ3) is 37.7. The summed E-state index contributed by atoms with van der Waals surface area (Å²) in [5, 5.41) is 7.82. The van der Waals surface area contributed by atoms with E-state index >= 15 is 0 Å². The van der Waals surface area contributed by atoms with Crippen molar-refractivity contribution in [1.82, 2.24) is 0 Å². The molecule has 0 spiro atoms. The second kappa shape index (κ2) is 55.8. The Hall–Kier alpha value is -10.3. The number of benzene rings is 3. The monoisotopic (exact) mass is 1400 g/mol. The minimum Gasteiger partial charge on any atom is -0.469 e. The van der Waals surface area contributed by atoms with Gasteiger partial charge in [-0.15, -0.1) is 0 Å². The number of rotatable bonds is 13. The van der Waals surface area contributed by atoms with E-state index in [9.17, 15) is 67.1 Å². The number of ether oxygens (including phenoxy) is 14. The highest BCUT2D eigenvalue weighted by atomic mass is 16.6. The molecule has 3 aromatic rings. The van der Waals surface area contributed by atoms with Crippen molar-refractivity contribution in [2.24, 2.45) is 35.5 Å². The van der Waals surface area contributed by atoms with Crippen LogP contribution in [-0.4, -0.2) is 183 Å². The van der Waals surface area contributed by atoms with E-state index in [1.807, 2.05) is 0 Å². The van der Waals surface area contributed by atoms with E-state index < -0.39 is 41.8 Å². The van der Waals surface area contributed by atoms with Crippen LogP contribution in [0.5, 0.6) is 0 Å². The summed E-state index contributed by atoms with van der Waals surface area (Å²) in [4.78, 5) is 154. The number of carbonyl (C=O) groups excluding carboxylic acids is 14. The van der Waals surface area contributed by atoms with Crippen LogP contribution in [0.2, 0.25) is 0 Å². The van der Waals surface area contributed by atoms with Crippen LogP contribution in [-0.2, 0) is 105 Å². The SMILES string of the molecule is CCC.COC(=O)C1CCC(C(=O)OC)CC1.COC(=O)C1CCCC(C(=O)OC)C1.COC(=O)C1CCCCC1C(=O)OC.COC(=O)CC#N.COC(=O)c1ccc(C(=O)OC)cc1.COC(=O)c1cccc(C(=O)OC)c1.COC(=O)c1ccccc1C(=O)OC.COC(C)=O. The van der Waals surface area contributed by atoms with Gasteiger partial charge in [-0.25, -0.2) is 28.8 Å². The highest BCUT2D eigenvalue weighted by Crippen LogP contribution is 2.33. The number of methoxy groups -OCH3 is 14. The molecule has 29 heteroatoms. The maximum Gasteiger partial charge on any atom is 0.338 e. The smallest absolute Gasteiger partial charge is 0.338 e. The molecule has 3 aromatic carbocycles. The highest BCUT2D eigenvalue weighted by Gasteiger charge is 2.37. The standard InChI is InChI=1S/C10H16O4.C10H10O4.C10H16O4.C10H10O4.C10H16O4.C10H10O4.C4H5NO2.C3H6O2.C3H8/c2*1-13-9(11)7-3-5-8(6-4-7)10(12)14-2;2*1-13-9(11)7-4-3-5-8(6-7)10(12)14-2;2*1-13-9(11)7-5-3-4-6-8(7)10(12)14-2;1-7-4(6)2-3-5;1-3(4)5-2;1-3-2/h7-8H,3-6H2,1-2H3;3-6H,1-2H3;7-8H,3-6H2,1-2H3;3-6H,1-2H3;7-8H,3-6H2,1-2H3;3-6H,1-2H3;2H2,1H3;1-2H3;3H2,1-2H3. The number of esters is 14. The lowest BCUT2D eigenvalue weighted by Gasteiger charge is -2.27. The molecule has 0 N–H and O–H groups in total. The van der Waals surface area contributed by atoms with Crippen molar-refractivity contribution >= 4 is 83.6 Å². The van der Waals surface area contributed by atoms with E-state index in [1.165, 1.54) is 155 Å². The second-order valence-electron chi connectivity index (χ2n) is 20.7. The minimum absolute atomic E-state index is 0.0269. The lowest BCUT2D eigenvalue weighted by atomic mass is 9.79. The first-order valence-electron chi connectivity index (χ1n) is 30.9. The molecule has 3 saturated carbocycles. The van der Waals surface area contributed by atoms with Gasteiger partial charge < -0.3 is 66.3 Å². The fourth-order valence-electron chi connectivity index (χ4n) is 9.03. The van der Waals surface area contributed by atoms with Gasteiger partial charge in [0.2, 0.25) is 0 Å². The van der Waals surface area contributed by atoms with E-state index in [0.717, 1.165) is 70.6 Å². The first-order chi connectivity index (χ1) is 47.1. The van der Waals surface area contributed by atoms with E-state index in [2.05, 4.69) is 80.2 Å². The zero-order valence-electron chi connectivity index (χ0n) is 59.7. The van der Waals surface area contributed by atoms with E-state index in [1.54, 1.807) is 36.4 Å². The maximum absolute atomic E-state index is 11.4. The number of carbonyl (C=O) groups is 14. The van der Waals surface area contributed by atoms with Crippen molar-refractivity contribution in [3.05, 3.63) is 106 Å². The number of nitrogens with zero attached hydrogens (tertiary/aromatic N) is 1. The summed E-state index contributed by atoms with van der Waals surface area (Å²) in [5.41, 5.74) is 1.88. The first-order valence-corrected chi connectivity index (χ1v) is 30.9. The van der Waals surface area contributed by atoms with Crippen molar-refractivity contribution in [2.45, 2.75) is 111 Å². The lowest BCUT2D eigenvalue weighted by molar-refractivity contribution is -0.159. The zero-order valence-corrected chi connectivity index (χ0v) is 59.7. The summed E-state index contributed by atoms with van der Waals surface area (Å²) in [6.45, 7) is 5.61. The molecule has 0 aliphatic heterocycles. The van der Waals surface area contributed by atoms with Crippen molar-refractivity contribution < 1.29 is 133 Å². The van der Waals surface area contributed by atoms with Gasteiger partial charge >= 0.3 is 83.6 Å². The van der Waals surface area contributed by atoms with Gasteiger partial charge in [-0.05, 0) is 112 Å². The van der Waals surface area contributed by atoms with Crippen molar-refractivity contribution in [3.8, 4) is 6.07 Å². The molecule has 0 heterocycles. The van der Waals surface area contributed by atoms with Crippen LogP contribution in [0.15, 0.2) is 72.8 Å². The zero-order chi connectivity index (χ0) is 76.0. The van der Waals surface area contributed by atoms with Crippen LogP contribution in [0.4, 0.5) is 0 Å². The predicted octanol–water partition coefficient (Wildman–Crippen LogP) is 8.86. The number of hydrogen-bond donors (Lipinski definition) is 0. The maximum atomic E-state index is 11.4. The van der Waals surface area contributed by atoms with Crippen molar-refractivity contribution in [1.29, 1.82) is 5.26 Å². The van der Waals surface area contributed by atoms with Gasteiger partial charge in [-0.2, -0.15) is 5.26 Å². The summed E-state index contributed by atoms with van der Waals surface area (Å²) in [5.74, 6) is -5.88. The molecule has 0 amide bonds. The third-order valence-electron chi connectivity index (χ3n) is 14.2. The van der Waals surface area contributed by atoms with Crippen LogP contribution in [0.25, 0.3) is 0 Å². The molecule has 3 aliphatic carbocycles. The lowest BCUT2D eigenvalue weighted by Crippen LogP contribution is -2.34. The molecule has 550 valence electrons.